The van der Waals surface area contributed by atoms with Crippen molar-refractivity contribution in [2.75, 3.05) is 18.7 Å². The molecule has 0 aromatic carbocycles. The highest BCUT2D eigenvalue weighted by molar-refractivity contribution is 7.99. The van der Waals surface area contributed by atoms with Crippen LogP contribution in [0.5, 0.6) is 0 Å². The molecule has 11 heavy (non-hydrogen) atoms. The van der Waals surface area contributed by atoms with Gasteiger partial charge >= 0.3 is 0 Å². The summed E-state index contributed by atoms with van der Waals surface area (Å²) in [6, 6.07) is 0. The van der Waals surface area contributed by atoms with Gasteiger partial charge in [0.15, 0.2) is 0 Å². The second kappa shape index (κ2) is 3.48. The van der Waals surface area contributed by atoms with E-state index in [1.807, 2.05) is 30.6 Å². The molecule has 1 heterocycles. The first-order chi connectivity index (χ1) is 5.13. The van der Waals surface area contributed by atoms with Gasteiger partial charge in [-0.1, -0.05) is 13.8 Å². The first-order valence-electron chi connectivity index (χ1n) is 3.95. The smallest absolute Gasteiger partial charge is 0.226 e. The van der Waals surface area contributed by atoms with Gasteiger partial charge in [-0.3, -0.25) is 4.79 Å². The third-order valence-corrected chi connectivity index (χ3v) is 3.62. The Balaban J connectivity index is 2.66. The molecule has 0 N–H and O–H groups in total. The molecule has 0 aromatic rings. The molecule has 1 amide bonds. The predicted octanol–water partition coefficient (Wildman–Crippen LogP) is 1.42. The van der Waals surface area contributed by atoms with E-state index in [0.29, 0.717) is 11.8 Å². The summed E-state index contributed by atoms with van der Waals surface area (Å²) in [5.74, 6) is 2.99. The van der Waals surface area contributed by atoms with E-state index in [0.717, 1.165) is 11.6 Å². The second-order valence-corrected chi connectivity index (χ2v) is 4.30. The lowest BCUT2D eigenvalue weighted by molar-refractivity contribution is -0.133. The Hall–Kier alpha value is -0.180. The fourth-order valence-electron chi connectivity index (χ4n) is 1.17. The van der Waals surface area contributed by atoms with Crippen molar-refractivity contribution in [3.63, 3.8) is 0 Å². The zero-order valence-corrected chi connectivity index (χ0v) is 8.15. The van der Waals surface area contributed by atoms with Gasteiger partial charge in [-0.2, -0.15) is 0 Å². The number of hydrogen-bond donors (Lipinski definition) is 0. The quantitative estimate of drug-likeness (QED) is 0.552. The SMILES string of the molecule is C[C@@H]1CSCN(C)C(=O)[C@H]1C. The molecule has 1 rings (SSSR count). The maximum absolute atomic E-state index is 11.5. The van der Waals surface area contributed by atoms with Crippen LogP contribution in [0.25, 0.3) is 0 Å². The Morgan fingerprint density at radius 1 is 1.55 bits per heavy atom. The summed E-state index contributed by atoms with van der Waals surface area (Å²) < 4.78 is 0. The van der Waals surface area contributed by atoms with E-state index in [-0.39, 0.29) is 5.92 Å². The van der Waals surface area contributed by atoms with E-state index in [9.17, 15) is 4.79 Å². The normalized spacial score (nSPS) is 33.7. The highest BCUT2D eigenvalue weighted by atomic mass is 32.2. The minimum absolute atomic E-state index is 0.204. The minimum Gasteiger partial charge on any atom is -0.336 e. The highest BCUT2D eigenvalue weighted by Crippen LogP contribution is 2.23. The van der Waals surface area contributed by atoms with Crippen LogP contribution in [0.4, 0.5) is 0 Å². The molecule has 2 atom stereocenters. The summed E-state index contributed by atoms with van der Waals surface area (Å²) in [6.45, 7) is 4.17. The Labute approximate surface area is 72.3 Å². The summed E-state index contributed by atoms with van der Waals surface area (Å²) >= 11 is 1.84. The molecule has 1 aliphatic heterocycles. The average molecular weight is 173 g/mol. The molecule has 0 bridgehead atoms. The number of thioether (sulfide) groups is 1. The van der Waals surface area contributed by atoms with Crippen LogP contribution >= 0.6 is 11.8 Å². The second-order valence-electron chi connectivity index (χ2n) is 3.30. The molecule has 64 valence electrons. The molecule has 0 saturated carbocycles. The number of carbonyl (C=O) groups excluding carboxylic acids is 1. The van der Waals surface area contributed by atoms with Crippen molar-refractivity contribution < 1.29 is 4.79 Å². The molecule has 0 aliphatic carbocycles. The van der Waals surface area contributed by atoms with Gasteiger partial charge in [-0.05, 0) is 11.7 Å². The first kappa shape index (κ1) is 8.91. The molecule has 0 radical (unpaired) electrons. The van der Waals surface area contributed by atoms with Crippen molar-refractivity contribution in [2.24, 2.45) is 11.8 Å². The summed E-state index contributed by atoms with van der Waals surface area (Å²) in [7, 11) is 1.88. The largest absolute Gasteiger partial charge is 0.336 e. The third kappa shape index (κ3) is 1.89. The maximum atomic E-state index is 11.5. The van der Waals surface area contributed by atoms with Gasteiger partial charge in [0.05, 0.1) is 5.88 Å². The monoisotopic (exact) mass is 173 g/mol. The maximum Gasteiger partial charge on any atom is 0.226 e. The highest BCUT2D eigenvalue weighted by Gasteiger charge is 2.26. The summed E-state index contributed by atoms with van der Waals surface area (Å²) in [4.78, 5) is 13.3. The van der Waals surface area contributed by atoms with Crippen molar-refractivity contribution in [2.45, 2.75) is 13.8 Å². The molecule has 1 fully saturated rings. The number of amides is 1. The Morgan fingerprint density at radius 2 is 2.18 bits per heavy atom. The molecule has 1 saturated heterocycles. The Bertz CT molecular complexity index is 160. The number of hydrogen-bond acceptors (Lipinski definition) is 2. The molecule has 0 spiro atoms. The van der Waals surface area contributed by atoms with E-state index in [2.05, 4.69) is 6.92 Å². The summed E-state index contributed by atoms with van der Waals surface area (Å²) in [6.07, 6.45) is 0. The third-order valence-electron chi connectivity index (χ3n) is 2.28. The van der Waals surface area contributed by atoms with Crippen LogP contribution < -0.4 is 0 Å². The number of carbonyl (C=O) groups is 1. The number of rotatable bonds is 0. The topological polar surface area (TPSA) is 20.3 Å². The van der Waals surface area contributed by atoms with Crippen LogP contribution in [0.15, 0.2) is 0 Å². The van der Waals surface area contributed by atoms with Crippen molar-refractivity contribution in [3.8, 4) is 0 Å². The Morgan fingerprint density at radius 3 is 2.82 bits per heavy atom. The van der Waals surface area contributed by atoms with E-state index in [1.54, 1.807) is 0 Å². The van der Waals surface area contributed by atoms with E-state index in [1.165, 1.54) is 0 Å². The van der Waals surface area contributed by atoms with Gasteiger partial charge in [-0.15, -0.1) is 11.8 Å². The van der Waals surface area contributed by atoms with E-state index in [4.69, 9.17) is 0 Å². The zero-order chi connectivity index (χ0) is 8.43. The molecule has 3 heteroatoms. The molecular weight excluding hydrogens is 158 g/mol. The van der Waals surface area contributed by atoms with Crippen molar-refractivity contribution >= 4 is 17.7 Å². The lowest BCUT2D eigenvalue weighted by Gasteiger charge is -2.18. The van der Waals surface area contributed by atoms with Gasteiger partial charge < -0.3 is 4.90 Å². The van der Waals surface area contributed by atoms with Crippen LogP contribution in [0.2, 0.25) is 0 Å². The fourth-order valence-corrected chi connectivity index (χ4v) is 2.34. The van der Waals surface area contributed by atoms with Gasteiger partial charge in [0.2, 0.25) is 5.91 Å². The molecule has 2 nitrogen and oxygen atoms in total. The fraction of sp³-hybridized carbons (Fsp3) is 0.875. The number of nitrogens with zero attached hydrogens (tertiary/aromatic N) is 1. The van der Waals surface area contributed by atoms with Gasteiger partial charge in [0.25, 0.3) is 0 Å². The van der Waals surface area contributed by atoms with Crippen LogP contribution in [0, 0.1) is 11.8 Å². The van der Waals surface area contributed by atoms with E-state index < -0.39 is 0 Å². The Kier molecular flexibility index (Phi) is 2.82. The van der Waals surface area contributed by atoms with Gasteiger partial charge in [0.1, 0.15) is 0 Å². The van der Waals surface area contributed by atoms with Gasteiger partial charge in [-0.25, -0.2) is 0 Å². The summed E-state index contributed by atoms with van der Waals surface area (Å²) in [5.41, 5.74) is 0. The van der Waals surface area contributed by atoms with Crippen LogP contribution in [0.3, 0.4) is 0 Å². The average Bonchev–Trinajstić information content (AvgIpc) is 2.07. The van der Waals surface area contributed by atoms with Crippen LogP contribution in [-0.2, 0) is 4.79 Å². The first-order valence-corrected chi connectivity index (χ1v) is 5.11. The summed E-state index contributed by atoms with van der Waals surface area (Å²) in [5, 5.41) is 0. The van der Waals surface area contributed by atoms with Crippen molar-refractivity contribution in [3.05, 3.63) is 0 Å². The van der Waals surface area contributed by atoms with Crippen molar-refractivity contribution in [1.29, 1.82) is 0 Å². The molecular formula is C8H15NOS. The predicted molar refractivity (Wildman–Crippen MR) is 48.4 cm³/mol. The molecule has 1 aliphatic rings. The zero-order valence-electron chi connectivity index (χ0n) is 7.33. The van der Waals surface area contributed by atoms with E-state index >= 15 is 0 Å². The van der Waals surface area contributed by atoms with Crippen LogP contribution in [0.1, 0.15) is 13.8 Å². The lowest BCUT2D eigenvalue weighted by Crippen LogP contribution is -2.31. The lowest BCUT2D eigenvalue weighted by atomic mass is 9.97. The minimum atomic E-state index is 0.204. The van der Waals surface area contributed by atoms with Gasteiger partial charge in [0, 0.05) is 13.0 Å². The standard InChI is InChI=1S/C8H15NOS/c1-6-4-11-5-9(3)8(10)7(6)2/h6-7H,4-5H2,1-3H3/t6-,7+/m1/s1. The van der Waals surface area contributed by atoms with Crippen molar-refractivity contribution in [1.82, 2.24) is 4.90 Å². The molecule has 0 aromatic heterocycles. The molecule has 0 unspecified atom stereocenters. The van der Waals surface area contributed by atoms with Crippen LogP contribution in [-0.4, -0.2) is 29.5 Å².